The molecule has 6 nitrogen and oxygen atoms in total. The molecule has 0 unspecified atom stereocenters. The van der Waals surface area contributed by atoms with E-state index in [2.05, 4.69) is 10.3 Å². The van der Waals surface area contributed by atoms with Crippen LogP contribution in [0.25, 0.3) is 10.9 Å². The Hall–Kier alpha value is -2.35. The Balaban J connectivity index is 1.80. The van der Waals surface area contributed by atoms with Crippen LogP contribution in [0.3, 0.4) is 0 Å². The van der Waals surface area contributed by atoms with Crippen molar-refractivity contribution in [3.05, 3.63) is 63.9 Å². The number of thioether (sulfide) groups is 1. The quantitative estimate of drug-likeness (QED) is 0.342. The molecule has 0 saturated carbocycles. The van der Waals surface area contributed by atoms with E-state index >= 15 is 0 Å². The molecule has 8 heteroatoms. The topological polar surface area (TPSA) is 73.2 Å². The Bertz CT molecular complexity index is 1040. The summed E-state index contributed by atoms with van der Waals surface area (Å²) in [6, 6.07) is 14.2. The number of aromatic nitrogens is 2. The Morgan fingerprint density at radius 3 is 2.75 bits per heavy atom. The maximum atomic E-state index is 12.9. The van der Waals surface area contributed by atoms with Gasteiger partial charge in [-0.25, -0.2) is 4.98 Å². The van der Waals surface area contributed by atoms with Crippen molar-refractivity contribution in [2.75, 3.05) is 24.8 Å². The largest absolute Gasteiger partial charge is 0.385 e. The van der Waals surface area contributed by atoms with Crippen LogP contribution in [0.4, 0.5) is 5.69 Å². The zero-order chi connectivity index (χ0) is 19.9. The number of benzene rings is 2. The van der Waals surface area contributed by atoms with Gasteiger partial charge < -0.3 is 10.1 Å². The molecular formula is C20H20ClN3O3S. The summed E-state index contributed by atoms with van der Waals surface area (Å²) in [4.78, 5) is 29.8. The number of fused-ring (bicyclic) bond motifs is 1. The summed E-state index contributed by atoms with van der Waals surface area (Å²) in [6.07, 6.45) is 0.676. The van der Waals surface area contributed by atoms with E-state index in [1.807, 2.05) is 12.1 Å². The van der Waals surface area contributed by atoms with E-state index in [4.69, 9.17) is 16.3 Å². The van der Waals surface area contributed by atoms with Crippen molar-refractivity contribution in [2.45, 2.75) is 18.1 Å². The van der Waals surface area contributed by atoms with Crippen LogP contribution >= 0.6 is 23.4 Å². The van der Waals surface area contributed by atoms with E-state index in [0.29, 0.717) is 46.3 Å². The molecule has 0 aliphatic heterocycles. The zero-order valence-electron chi connectivity index (χ0n) is 15.4. The summed E-state index contributed by atoms with van der Waals surface area (Å²) in [5, 5.41) is 4.32. The molecule has 1 N–H and O–H groups in total. The number of methoxy groups -OCH3 is 1. The van der Waals surface area contributed by atoms with Crippen LogP contribution in [-0.2, 0) is 16.1 Å². The first-order chi connectivity index (χ1) is 13.6. The second-order valence-electron chi connectivity index (χ2n) is 6.03. The normalized spacial score (nSPS) is 10.9. The van der Waals surface area contributed by atoms with Gasteiger partial charge in [-0.3, -0.25) is 14.2 Å². The second kappa shape index (κ2) is 9.73. The third kappa shape index (κ3) is 4.92. The van der Waals surface area contributed by atoms with Crippen molar-refractivity contribution in [3.63, 3.8) is 0 Å². The molecule has 0 radical (unpaired) electrons. The van der Waals surface area contributed by atoms with Crippen LogP contribution < -0.4 is 10.9 Å². The molecule has 3 rings (SSSR count). The molecule has 2 aromatic carbocycles. The number of rotatable bonds is 8. The molecule has 0 bridgehead atoms. The maximum Gasteiger partial charge on any atom is 0.262 e. The van der Waals surface area contributed by atoms with Crippen LogP contribution in [0.15, 0.2) is 58.5 Å². The van der Waals surface area contributed by atoms with Gasteiger partial charge in [-0.2, -0.15) is 0 Å². The number of anilines is 1. The maximum absolute atomic E-state index is 12.9. The first-order valence-corrected chi connectivity index (χ1v) is 10.1. The average molecular weight is 418 g/mol. The molecule has 0 aliphatic carbocycles. The Morgan fingerprint density at radius 2 is 1.96 bits per heavy atom. The summed E-state index contributed by atoms with van der Waals surface area (Å²) in [7, 11) is 1.62. The van der Waals surface area contributed by atoms with Gasteiger partial charge >= 0.3 is 0 Å². The predicted molar refractivity (Wildman–Crippen MR) is 113 cm³/mol. The van der Waals surface area contributed by atoms with E-state index in [9.17, 15) is 9.59 Å². The van der Waals surface area contributed by atoms with Gasteiger partial charge in [0.15, 0.2) is 5.16 Å². The minimum absolute atomic E-state index is 0.111. The number of carbonyl (C=O) groups excluding carboxylic acids is 1. The average Bonchev–Trinajstić information content (AvgIpc) is 2.70. The lowest BCUT2D eigenvalue weighted by molar-refractivity contribution is -0.113. The number of ether oxygens (including phenoxy) is 1. The monoisotopic (exact) mass is 417 g/mol. The summed E-state index contributed by atoms with van der Waals surface area (Å²) >= 11 is 7.30. The number of nitrogens with zero attached hydrogens (tertiary/aromatic N) is 2. The van der Waals surface area contributed by atoms with Gasteiger partial charge in [-0.15, -0.1) is 0 Å². The van der Waals surface area contributed by atoms with Crippen molar-refractivity contribution in [3.8, 4) is 0 Å². The third-order valence-corrected chi connectivity index (χ3v) is 5.34. The molecule has 0 fully saturated rings. The van der Waals surface area contributed by atoms with E-state index in [-0.39, 0.29) is 17.2 Å². The van der Waals surface area contributed by atoms with Crippen molar-refractivity contribution >= 4 is 45.9 Å². The molecule has 1 aromatic heterocycles. The van der Waals surface area contributed by atoms with Crippen molar-refractivity contribution in [1.82, 2.24) is 9.55 Å². The molecule has 28 heavy (non-hydrogen) atoms. The van der Waals surface area contributed by atoms with Gasteiger partial charge in [0.05, 0.1) is 27.4 Å². The van der Waals surface area contributed by atoms with Crippen LogP contribution in [0.5, 0.6) is 0 Å². The van der Waals surface area contributed by atoms with E-state index < -0.39 is 0 Å². The van der Waals surface area contributed by atoms with E-state index in [1.54, 1.807) is 48.1 Å². The van der Waals surface area contributed by atoms with Crippen molar-refractivity contribution in [2.24, 2.45) is 0 Å². The van der Waals surface area contributed by atoms with Crippen LogP contribution in [0.1, 0.15) is 6.42 Å². The standard InChI is InChI=1S/C20H20ClN3O3S/c1-27-12-6-11-24-19(26)14-7-2-4-9-16(14)23-20(24)28-13-18(25)22-17-10-5-3-8-15(17)21/h2-5,7-10H,6,11-13H2,1H3,(H,22,25). The summed E-state index contributed by atoms with van der Waals surface area (Å²) in [5.74, 6) is -0.107. The smallest absolute Gasteiger partial charge is 0.262 e. The van der Waals surface area contributed by atoms with Gasteiger partial charge in [-0.05, 0) is 30.7 Å². The number of amides is 1. The Labute approximate surface area is 171 Å². The lowest BCUT2D eigenvalue weighted by Gasteiger charge is -2.13. The molecule has 3 aromatic rings. The van der Waals surface area contributed by atoms with Crippen molar-refractivity contribution in [1.29, 1.82) is 0 Å². The zero-order valence-corrected chi connectivity index (χ0v) is 16.9. The van der Waals surface area contributed by atoms with Gasteiger partial charge in [0.2, 0.25) is 5.91 Å². The number of nitrogens with one attached hydrogen (secondary N) is 1. The number of para-hydroxylation sites is 2. The second-order valence-corrected chi connectivity index (χ2v) is 7.38. The fraction of sp³-hybridized carbons (Fsp3) is 0.250. The molecule has 0 atom stereocenters. The molecule has 0 spiro atoms. The number of hydrogen-bond donors (Lipinski definition) is 1. The van der Waals surface area contributed by atoms with Crippen LogP contribution in [-0.4, -0.2) is 34.9 Å². The molecule has 0 aliphatic rings. The van der Waals surface area contributed by atoms with Crippen LogP contribution in [0, 0.1) is 0 Å². The van der Waals surface area contributed by atoms with Gasteiger partial charge in [-0.1, -0.05) is 47.6 Å². The molecule has 1 heterocycles. The number of hydrogen-bond acceptors (Lipinski definition) is 5. The van der Waals surface area contributed by atoms with Crippen molar-refractivity contribution < 1.29 is 9.53 Å². The van der Waals surface area contributed by atoms with E-state index in [1.165, 1.54) is 11.8 Å². The first kappa shape index (κ1) is 20.4. The first-order valence-electron chi connectivity index (χ1n) is 8.76. The fourth-order valence-corrected chi connectivity index (χ4v) is 3.71. The minimum atomic E-state index is -0.219. The predicted octanol–water partition coefficient (Wildman–Crippen LogP) is 3.82. The number of halogens is 1. The highest BCUT2D eigenvalue weighted by Gasteiger charge is 2.13. The Kier molecular flexibility index (Phi) is 7.08. The molecule has 1 amide bonds. The lowest BCUT2D eigenvalue weighted by atomic mass is 10.2. The SMILES string of the molecule is COCCCn1c(SCC(=O)Nc2ccccc2Cl)nc2ccccc2c1=O. The fourth-order valence-electron chi connectivity index (χ4n) is 2.70. The van der Waals surface area contributed by atoms with E-state index in [0.717, 1.165) is 0 Å². The molecule has 146 valence electrons. The van der Waals surface area contributed by atoms with Gasteiger partial charge in [0, 0.05) is 20.3 Å². The highest BCUT2D eigenvalue weighted by molar-refractivity contribution is 7.99. The van der Waals surface area contributed by atoms with Gasteiger partial charge in [0.25, 0.3) is 5.56 Å². The summed E-state index contributed by atoms with van der Waals surface area (Å²) in [5.41, 5.74) is 1.05. The highest BCUT2D eigenvalue weighted by Crippen LogP contribution is 2.22. The highest BCUT2D eigenvalue weighted by atomic mass is 35.5. The lowest BCUT2D eigenvalue weighted by Crippen LogP contribution is -2.25. The third-order valence-electron chi connectivity index (χ3n) is 4.04. The summed E-state index contributed by atoms with van der Waals surface area (Å²) < 4.78 is 6.69. The molecular weight excluding hydrogens is 398 g/mol. The number of carbonyl (C=O) groups is 1. The Morgan fingerprint density at radius 1 is 1.21 bits per heavy atom. The van der Waals surface area contributed by atoms with Crippen LogP contribution in [0.2, 0.25) is 5.02 Å². The van der Waals surface area contributed by atoms with Gasteiger partial charge in [0.1, 0.15) is 0 Å². The minimum Gasteiger partial charge on any atom is -0.385 e. The summed E-state index contributed by atoms with van der Waals surface area (Å²) in [6.45, 7) is 1.01. The molecule has 0 saturated heterocycles.